The van der Waals surface area contributed by atoms with Gasteiger partial charge >= 0.3 is 0 Å². The van der Waals surface area contributed by atoms with Gasteiger partial charge in [0, 0.05) is 10.0 Å². The van der Waals surface area contributed by atoms with Gasteiger partial charge in [-0.15, -0.1) is 10.2 Å². The molecule has 0 aliphatic heterocycles. The summed E-state index contributed by atoms with van der Waals surface area (Å²) in [6.45, 7) is 4.24. The molecule has 0 spiro atoms. The highest BCUT2D eigenvalue weighted by atomic mass is 79.9. The maximum absolute atomic E-state index is 4.31. The van der Waals surface area contributed by atoms with Crippen molar-refractivity contribution < 1.29 is 0 Å². The van der Waals surface area contributed by atoms with Crippen molar-refractivity contribution in [3.05, 3.63) is 33.2 Å². The molecule has 3 nitrogen and oxygen atoms in total. The first-order valence-electron chi connectivity index (χ1n) is 5.93. The largest absolute Gasteiger partial charge is 0.311 e. The van der Waals surface area contributed by atoms with E-state index in [0.29, 0.717) is 6.04 Å². The molecule has 1 aromatic carbocycles. The van der Waals surface area contributed by atoms with Crippen LogP contribution in [0.2, 0.25) is 0 Å². The number of aromatic nitrogens is 2. The van der Waals surface area contributed by atoms with Gasteiger partial charge in [0.15, 0.2) is 0 Å². The molecule has 0 saturated heterocycles. The minimum Gasteiger partial charge on any atom is -0.311 e. The highest BCUT2D eigenvalue weighted by Crippen LogP contribution is 2.32. The van der Waals surface area contributed by atoms with Gasteiger partial charge in [-0.2, -0.15) is 0 Å². The maximum Gasteiger partial charge on any atom is 0.148 e. The van der Waals surface area contributed by atoms with Crippen LogP contribution >= 0.6 is 27.3 Å². The molecule has 0 fully saturated rings. The fourth-order valence-electron chi connectivity index (χ4n) is 1.83. The minimum absolute atomic E-state index is 0.295. The summed E-state index contributed by atoms with van der Waals surface area (Å²) in [5, 5.41) is 13.9. The molecule has 0 radical (unpaired) electrons. The van der Waals surface area contributed by atoms with E-state index in [9.17, 15) is 0 Å². The molecule has 5 heteroatoms. The third-order valence-corrected chi connectivity index (χ3v) is 4.92. The molecule has 1 atom stereocenters. The van der Waals surface area contributed by atoms with Gasteiger partial charge in [0.25, 0.3) is 0 Å². The fourth-order valence-corrected chi connectivity index (χ4v) is 3.31. The second-order valence-electron chi connectivity index (χ2n) is 4.11. The van der Waals surface area contributed by atoms with Crippen LogP contribution < -0.4 is 5.32 Å². The molecule has 0 saturated carbocycles. The fraction of sp³-hybridized carbons (Fsp3) is 0.385. The Hall–Kier alpha value is -0.780. The quantitative estimate of drug-likeness (QED) is 0.924. The summed E-state index contributed by atoms with van der Waals surface area (Å²) in [7, 11) is 1.96. The van der Waals surface area contributed by atoms with Crippen molar-refractivity contribution in [1.82, 2.24) is 15.5 Å². The summed E-state index contributed by atoms with van der Waals surface area (Å²) in [6, 6.07) is 6.46. The van der Waals surface area contributed by atoms with E-state index >= 15 is 0 Å². The number of halogens is 1. The molecule has 1 heterocycles. The van der Waals surface area contributed by atoms with Gasteiger partial charge in [-0.05, 0) is 32.0 Å². The Morgan fingerprint density at radius 3 is 2.83 bits per heavy atom. The molecular weight excluding hydrogens is 310 g/mol. The van der Waals surface area contributed by atoms with Crippen molar-refractivity contribution in [1.29, 1.82) is 0 Å². The van der Waals surface area contributed by atoms with Crippen molar-refractivity contribution in [2.24, 2.45) is 0 Å². The molecule has 0 aliphatic rings. The Morgan fingerprint density at radius 2 is 2.17 bits per heavy atom. The van der Waals surface area contributed by atoms with E-state index in [4.69, 9.17) is 0 Å². The number of rotatable bonds is 4. The number of hydrogen-bond acceptors (Lipinski definition) is 4. The van der Waals surface area contributed by atoms with E-state index in [0.717, 1.165) is 26.5 Å². The van der Waals surface area contributed by atoms with Crippen molar-refractivity contribution in [2.75, 3.05) is 7.05 Å². The van der Waals surface area contributed by atoms with E-state index in [-0.39, 0.29) is 0 Å². The summed E-state index contributed by atoms with van der Waals surface area (Å²) in [4.78, 5) is 0. The van der Waals surface area contributed by atoms with Gasteiger partial charge in [0.1, 0.15) is 10.0 Å². The van der Waals surface area contributed by atoms with Gasteiger partial charge in [0.2, 0.25) is 0 Å². The summed E-state index contributed by atoms with van der Waals surface area (Å²) >= 11 is 5.21. The van der Waals surface area contributed by atoms with E-state index in [1.807, 2.05) is 19.2 Å². The van der Waals surface area contributed by atoms with Crippen molar-refractivity contribution in [2.45, 2.75) is 26.3 Å². The normalized spacial score (nSPS) is 12.7. The van der Waals surface area contributed by atoms with Crippen LogP contribution in [0.4, 0.5) is 0 Å². The van der Waals surface area contributed by atoms with E-state index in [1.165, 1.54) is 5.56 Å². The van der Waals surface area contributed by atoms with Crippen LogP contribution in [0.15, 0.2) is 22.7 Å². The molecule has 1 N–H and O–H groups in total. The molecule has 2 rings (SSSR count). The van der Waals surface area contributed by atoms with E-state index in [1.54, 1.807) is 11.3 Å². The molecule has 1 unspecified atom stereocenters. The Morgan fingerprint density at radius 1 is 1.39 bits per heavy atom. The minimum atomic E-state index is 0.295. The first-order valence-corrected chi connectivity index (χ1v) is 7.54. The van der Waals surface area contributed by atoms with Crippen LogP contribution in [-0.2, 0) is 0 Å². The molecule has 2 aromatic rings. The standard InChI is InChI=1S/C13H16BrN3S/c1-4-11(15-3)13-17-16-12(18-13)9-6-5-7-10(14)8(9)2/h5-7,11,15H,4H2,1-3H3. The number of nitrogens with zero attached hydrogens (tertiary/aromatic N) is 2. The zero-order valence-corrected chi connectivity index (χ0v) is 13.1. The van der Waals surface area contributed by atoms with E-state index in [2.05, 4.69) is 51.4 Å². The van der Waals surface area contributed by atoms with Crippen molar-refractivity contribution in [3.63, 3.8) is 0 Å². The highest BCUT2D eigenvalue weighted by molar-refractivity contribution is 9.10. The number of hydrogen-bond donors (Lipinski definition) is 1. The first kappa shape index (κ1) is 13.6. The average molecular weight is 326 g/mol. The van der Waals surface area contributed by atoms with Crippen molar-refractivity contribution >= 4 is 27.3 Å². The van der Waals surface area contributed by atoms with Gasteiger partial charge in [-0.1, -0.05) is 46.3 Å². The number of benzene rings is 1. The van der Waals surface area contributed by atoms with E-state index < -0.39 is 0 Å². The smallest absolute Gasteiger partial charge is 0.148 e. The SMILES string of the molecule is CCC(NC)c1nnc(-c2cccc(Br)c2C)s1. The molecule has 96 valence electrons. The second-order valence-corrected chi connectivity index (χ2v) is 5.97. The Bertz CT molecular complexity index is 535. The van der Waals surface area contributed by atoms with Crippen LogP contribution in [-0.4, -0.2) is 17.2 Å². The Balaban J connectivity index is 2.38. The molecule has 0 aliphatic carbocycles. The summed E-state index contributed by atoms with van der Waals surface area (Å²) in [5.74, 6) is 0. The molecule has 0 bridgehead atoms. The average Bonchev–Trinajstić information content (AvgIpc) is 2.84. The molecule has 0 amide bonds. The third-order valence-electron chi connectivity index (χ3n) is 2.99. The monoisotopic (exact) mass is 325 g/mol. The third kappa shape index (κ3) is 2.63. The van der Waals surface area contributed by atoms with Gasteiger partial charge in [-0.3, -0.25) is 0 Å². The zero-order valence-electron chi connectivity index (χ0n) is 10.7. The van der Waals surface area contributed by atoms with Gasteiger partial charge < -0.3 is 5.32 Å². The Kier molecular flexibility index (Phi) is 4.48. The van der Waals surface area contributed by atoms with Crippen LogP contribution in [0.5, 0.6) is 0 Å². The second kappa shape index (κ2) is 5.91. The molecular formula is C13H16BrN3S. The summed E-state index contributed by atoms with van der Waals surface area (Å²) in [5.41, 5.74) is 2.36. The van der Waals surface area contributed by atoms with Gasteiger partial charge in [0.05, 0.1) is 6.04 Å². The zero-order chi connectivity index (χ0) is 13.1. The lowest BCUT2D eigenvalue weighted by Crippen LogP contribution is -2.14. The predicted molar refractivity (Wildman–Crippen MR) is 79.9 cm³/mol. The lowest BCUT2D eigenvalue weighted by Gasteiger charge is -2.08. The summed E-state index contributed by atoms with van der Waals surface area (Å²) < 4.78 is 1.11. The van der Waals surface area contributed by atoms with Crippen LogP contribution in [0.25, 0.3) is 10.6 Å². The topological polar surface area (TPSA) is 37.8 Å². The van der Waals surface area contributed by atoms with Crippen LogP contribution in [0.3, 0.4) is 0 Å². The van der Waals surface area contributed by atoms with Gasteiger partial charge in [-0.25, -0.2) is 0 Å². The maximum atomic E-state index is 4.31. The van der Waals surface area contributed by atoms with Crippen LogP contribution in [0.1, 0.15) is 30.0 Å². The lowest BCUT2D eigenvalue weighted by molar-refractivity contribution is 0.568. The number of nitrogens with one attached hydrogen (secondary N) is 1. The van der Waals surface area contributed by atoms with Crippen LogP contribution in [0, 0.1) is 6.92 Å². The lowest BCUT2D eigenvalue weighted by atomic mass is 10.1. The van der Waals surface area contributed by atoms with Crippen molar-refractivity contribution in [3.8, 4) is 10.6 Å². The Labute approximate surface area is 120 Å². The highest BCUT2D eigenvalue weighted by Gasteiger charge is 2.15. The predicted octanol–water partition coefficient (Wildman–Crippen LogP) is 3.95. The molecule has 1 aromatic heterocycles. The first-order chi connectivity index (χ1) is 8.67. The molecule has 18 heavy (non-hydrogen) atoms. The summed E-state index contributed by atoms with van der Waals surface area (Å²) in [6.07, 6.45) is 1.02.